The summed E-state index contributed by atoms with van der Waals surface area (Å²) >= 11 is 0. The minimum Gasteiger partial charge on any atom is -0.493 e. The lowest BCUT2D eigenvalue weighted by atomic mass is 10.1. The van der Waals surface area contributed by atoms with Crippen molar-refractivity contribution in [1.29, 1.82) is 0 Å². The van der Waals surface area contributed by atoms with E-state index in [1.165, 1.54) is 51.7 Å². The van der Waals surface area contributed by atoms with E-state index in [1.807, 2.05) is 6.07 Å². The maximum atomic E-state index is 13.3. The average Bonchev–Trinajstić information content (AvgIpc) is 2.88. The van der Waals surface area contributed by atoms with E-state index in [0.29, 0.717) is 5.75 Å². The predicted octanol–water partition coefficient (Wildman–Crippen LogP) is 3.02. The molecular weight excluding hydrogens is 472 g/mol. The van der Waals surface area contributed by atoms with Crippen molar-refractivity contribution in [2.75, 3.05) is 26.6 Å². The van der Waals surface area contributed by atoms with Gasteiger partial charge in [-0.05, 0) is 36.2 Å². The lowest BCUT2D eigenvalue weighted by Crippen LogP contribution is -2.45. The summed E-state index contributed by atoms with van der Waals surface area (Å²) in [7, 11) is -0.0750. The summed E-state index contributed by atoms with van der Waals surface area (Å²) < 4.78 is 44.1. The van der Waals surface area contributed by atoms with Gasteiger partial charge < -0.3 is 19.5 Å². The summed E-state index contributed by atoms with van der Waals surface area (Å²) in [5.74, 6) is -0.684. The van der Waals surface area contributed by atoms with Gasteiger partial charge in [0.05, 0.1) is 37.5 Å². The van der Waals surface area contributed by atoms with Crippen molar-refractivity contribution >= 4 is 27.6 Å². The second-order valence-electron chi connectivity index (χ2n) is 7.41. The predicted molar refractivity (Wildman–Crippen MR) is 130 cm³/mol. The van der Waals surface area contributed by atoms with Gasteiger partial charge in [-0.1, -0.05) is 42.5 Å². The molecule has 3 aromatic carbocycles. The van der Waals surface area contributed by atoms with Gasteiger partial charge in [0.1, 0.15) is 6.04 Å². The van der Waals surface area contributed by atoms with Crippen LogP contribution in [-0.4, -0.2) is 47.7 Å². The van der Waals surface area contributed by atoms with Crippen LogP contribution in [0.2, 0.25) is 0 Å². The Kier molecular flexibility index (Phi) is 8.45. The summed E-state index contributed by atoms with van der Waals surface area (Å²) in [5, 5.41) is 2.65. The molecule has 10 heteroatoms. The number of carbonyl (C=O) groups is 2. The number of esters is 1. The van der Waals surface area contributed by atoms with Crippen LogP contribution in [0.25, 0.3) is 0 Å². The molecule has 0 fully saturated rings. The molecule has 184 valence electrons. The fourth-order valence-corrected chi connectivity index (χ4v) is 4.59. The molecule has 0 aliphatic heterocycles. The number of para-hydroxylation sites is 1. The number of hydrogen-bond donors (Lipinski definition) is 2. The molecule has 35 heavy (non-hydrogen) atoms. The monoisotopic (exact) mass is 498 g/mol. The Morgan fingerprint density at radius 3 is 2.17 bits per heavy atom. The highest BCUT2D eigenvalue weighted by Crippen LogP contribution is 2.29. The van der Waals surface area contributed by atoms with Crippen molar-refractivity contribution in [3.05, 3.63) is 83.9 Å². The van der Waals surface area contributed by atoms with E-state index < -0.39 is 27.9 Å². The van der Waals surface area contributed by atoms with E-state index in [4.69, 9.17) is 14.2 Å². The molecule has 2 N–H and O–H groups in total. The molecule has 0 saturated carbocycles. The Bertz CT molecular complexity index is 1290. The normalized spacial score (nSPS) is 11.9. The second-order valence-corrected chi connectivity index (χ2v) is 9.12. The van der Waals surface area contributed by atoms with Crippen LogP contribution in [0.4, 0.5) is 5.69 Å². The summed E-state index contributed by atoms with van der Waals surface area (Å²) in [6.07, 6.45) is 0.0690. The molecule has 0 unspecified atom stereocenters. The van der Waals surface area contributed by atoms with E-state index in [2.05, 4.69) is 10.0 Å². The van der Waals surface area contributed by atoms with E-state index in [0.717, 1.165) is 5.56 Å². The van der Waals surface area contributed by atoms with Crippen molar-refractivity contribution in [1.82, 2.24) is 4.72 Å². The number of carbonyl (C=O) groups excluding carboxylic acids is 2. The molecule has 3 rings (SSSR count). The number of benzene rings is 3. The van der Waals surface area contributed by atoms with Crippen molar-refractivity contribution in [3.63, 3.8) is 0 Å². The molecule has 3 aromatic rings. The van der Waals surface area contributed by atoms with E-state index >= 15 is 0 Å². The number of ether oxygens (including phenoxy) is 3. The molecule has 0 radical (unpaired) electrons. The highest BCUT2D eigenvalue weighted by atomic mass is 32.2. The molecular formula is C25H26N2O7S. The largest absolute Gasteiger partial charge is 0.493 e. The zero-order valence-corrected chi connectivity index (χ0v) is 20.3. The minimum absolute atomic E-state index is 0.0690. The fourth-order valence-electron chi connectivity index (χ4n) is 3.38. The fraction of sp³-hybridized carbons (Fsp3) is 0.200. The summed E-state index contributed by atoms with van der Waals surface area (Å²) in [6.45, 7) is 0. The molecule has 0 aromatic heterocycles. The van der Waals surface area contributed by atoms with Gasteiger partial charge in [0.15, 0.2) is 11.5 Å². The number of hydrogen-bond acceptors (Lipinski definition) is 7. The second kappa shape index (κ2) is 11.5. The van der Waals surface area contributed by atoms with Crippen LogP contribution in [0.5, 0.6) is 11.5 Å². The first-order valence-corrected chi connectivity index (χ1v) is 12.0. The van der Waals surface area contributed by atoms with Crippen molar-refractivity contribution in [2.45, 2.75) is 17.4 Å². The molecule has 0 aliphatic rings. The summed E-state index contributed by atoms with van der Waals surface area (Å²) in [5.41, 5.74) is 1.08. The molecule has 1 amide bonds. The van der Waals surface area contributed by atoms with Crippen LogP contribution in [-0.2, 0) is 26.0 Å². The van der Waals surface area contributed by atoms with Gasteiger partial charge in [-0.3, -0.25) is 4.79 Å². The maximum Gasteiger partial charge on any atom is 0.339 e. The van der Waals surface area contributed by atoms with Gasteiger partial charge in [0.2, 0.25) is 15.9 Å². The molecule has 9 nitrogen and oxygen atoms in total. The third-order valence-corrected chi connectivity index (χ3v) is 6.62. The first kappa shape index (κ1) is 25.7. The Balaban J connectivity index is 1.93. The molecule has 0 spiro atoms. The van der Waals surface area contributed by atoms with Gasteiger partial charge in [0, 0.05) is 6.07 Å². The van der Waals surface area contributed by atoms with E-state index in [1.54, 1.807) is 36.4 Å². The van der Waals surface area contributed by atoms with Crippen molar-refractivity contribution in [3.8, 4) is 11.5 Å². The maximum absolute atomic E-state index is 13.3. The van der Waals surface area contributed by atoms with E-state index in [-0.39, 0.29) is 28.3 Å². The zero-order valence-electron chi connectivity index (χ0n) is 19.5. The number of sulfonamides is 1. The Morgan fingerprint density at radius 2 is 1.51 bits per heavy atom. The van der Waals surface area contributed by atoms with Gasteiger partial charge in [-0.25, -0.2) is 13.2 Å². The molecule has 0 aliphatic carbocycles. The van der Waals surface area contributed by atoms with Crippen molar-refractivity contribution in [2.24, 2.45) is 0 Å². The Hall–Kier alpha value is -3.89. The average molecular weight is 499 g/mol. The van der Waals surface area contributed by atoms with Gasteiger partial charge >= 0.3 is 5.97 Å². The minimum atomic E-state index is -4.14. The number of nitrogens with one attached hydrogen (secondary N) is 2. The van der Waals surface area contributed by atoms with Gasteiger partial charge in [-0.2, -0.15) is 4.72 Å². The molecule has 1 atom stereocenters. The third kappa shape index (κ3) is 6.37. The number of methoxy groups -OCH3 is 3. The van der Waals surface area contributed by atoms with Crippen molar-refractivity contribution < 1.29 is 32.2 Å². The zero-order chi connectivity index (χ0) is 25.4. The number of rotatable bonds is 10. The van der Waals surface area contributed by atoms with Gasteiger partial charge in [-0.15, -0.1) is 0 Å². The quantitative estimate of drug-likeness (QED) is 0.412. The highest BCUT2D eigenvalue weighted by molar-refractivity contribution is 7.89. The topological polar surface area (TPSA) is 120 Å². The lowest BCUT2D eigenvalue weighted by molar-refractivity contribution is -0.117. The number of anilines is 1. The third-order valence-electron chi connectivity index (χ3n) is 5.15. The van der Waals surface area contributed by atoms with Gasteiger partial charge in [0.25, 0.3) is 0 Å². The Labute approximate surface area is 204 Å². The van der Waals surface area contributed by atoms with Crippen LogP contribution < -0.4 is 19.5 Å². The summed E-state index contributed by atoms with van der Waals surface area (Å²) in [6, 6.07) is 18.2. The Morgan fingerprint density at radius 1 is 0.857 bits per heavy atom. The number of amides is 1. The molecule has 0 heterocycles. The van der Waals surface area contributed by atoms with Crippen LogP contribution in [0.1, 0.15) is 15.9 Å². The lowest BCUT2D eigenvalue weighted by Gasteiger charge is -2.20. The highest BCUT2D eigenvalue weighted by Gasteiger charge is 2.28. The summed E-state index contributed by atoms with van der Waals surface area (Å²) in [4.78, 5) is 25.3. The van der Waals surface area contributed by atoms with Crippen LogP contribution in [0.15, 0.2) is 77.7 Å². The smallest absolute Gasteiger partial charge is 0.339 e. The standard InChI is InChI=1S/C25H26N2O7S/c1-32-22-14-13-18(16-23(22)33-2)35(30,31)27-21(15-17-9-5-4-6-10-17)24(28)26-20-12-8-7-11-19(20)25(29)34-3/h4-14,16,21,27H,15H2,1-3H3,(H,26,28)/t21-/m1/s1. The van der Waals surface area contributed by atoms with Crippen LogP contribution in [0, 0.1) is 0 Å². The molecule has 0 bridgehead atoms. The first-order chi connectivity index (χ1) is 16.8. The SMILES string of the molecule is COC(=O)c1ccccc1NC(=O)[C@@H](Cc1ccccc1)NS(=O)(=O)c1ccc(OC)c(OC)c1. The molecule has 0 saturated heterocycles. The van der Waals surface area contributed by atoms with Crippen LogP contribution >= 0.6 is 0 Å². The van der Waals surface area contributed by atoms with E-state index in [9.17, 15) is 18.0 Å². The van der Waals surface area contributed by atoms with Crippen LogP contribution in [0.3, 0.4) is 0 Å². The first-order valence-electron chi connectivity index (χ1n) is 10.6.